The normalized spacial score (nSPS) is 13.0. The van der Waals surface area contributed by atoms with Crippen LogP contribution in [0, 0.1) is 20.2 Å². The molecule has 8 heteroatoms. The molecule has 0 bridgehead atoms. The van der Waals surface area contributed by atoms with Gasteiger partial charge in [0.25, 0.3) is 11.4 Å². The third-order valence-electron chi connectivity index (χ3n) is 4.18. The summed E-state index contributed by atoms with van der Waals surface area (Å²) >= 11 is 0.956. The lowest BCUT2D eigenvalue weighted by Crippen LogP contribution is -2.27. The summed E-state index contributed by atoms with van der Waals surface area (Å²) in [5, 5.41) is 24.3. The number of nitro benzene ring substituents is 2. The van der Waals surface area contributed by atoms with E-state index in [1.807, 2.05) is 41.5 Å². The van der Waals surface area contributed by atoms with Gasteiger partial charge in [0.15, 0.2) is 0 Å². The topological polar surface area (TPSA) is 95.5 Å². The van der Waals surface area contributed by atoms with Crippen LogP contribution in [0.4, 0.5) is 11.4 Å². The van der Waals surface area contributed by atoms with E-state index in [9.17, 15) is 20.2 Å². The summed E-state index contributed by atoms with van der Waals surface area (Å²) in [5.74, 6) is 0. The maximum absolute atomic E-state index is 12.2. The number of benzene rings is 1. The molecule has 0 aliphatic carbocycles. The van der Waals surface area contributed by atoms with E-state index in [1.165, 1.54) is 7.11 Å². The van der Waals surface area contributed by atoms with Crippen molar-refractivity contribution in [1.82, 2.24) is 0 Å². The summed E-state index contributed by atoms with van der Waals surface area (Å²) in [7, 11) is 1.46. The minimum atomic E-state index is -0.791. The molecule has 0 fully saturated rings. The summed E-state index contributed by atoms with van der Waals surface area (Å²) in [6.45, 7) is 16.6. The highest BCUT2D eigenvalue weighted by molar-refractivity contribution is 7.94. The Hall–Kier alpha value is -1.67. The zero-order valence-corrected chi connectivity index (χ0v) is 18.7. The van der Waals surface area contributed by atoms with Crippen molar-refractivity contribution in [3.05, 3.63) is 36.9 Å². The lowest BCUT2D eigenvalue weighted by Gasteiger charge is -2.32. The van der Waals surface area contributed by atoms with Crippen molar-refractivity contribution in [1.29, 1.82) is 0 Å². The van der Waals surface area contributed by atoms with Gasteiger partial charge >= 0.3 is 0 Å². The number of rotatable bonds is 4. The lowest BCUT2D eigenvalue weighted by atomic mass is 9.72. The van der Waals surface area contributed by atoms with Crippen molar-refractivity contribution in [3.8, 4) is 0 Å². The standard InChI is InChI=1S/C19H30N2O5S/c1-17(2,3)11-14(20(22)23)12(18(4,5)6)16(27-26-10)13(19(7,8)9)15(11)21(24)25/h1-10H3. The number of hydrogen-bond donors (Lipinski definition) is 0. The molecule has 0 aliphatic heterocycles. The Bertz CT molecular complexity index is 715. The van der Waals surface area contributed by atoms with Gasteiger partial charge in [0.2, 0.25) is 0 Å². The molecule has 0 saturated heterocycles. The van der Waals surface area contributed by atoms with E-state index < -0.39 is 26.1 Å². The third kappa shape index (κ3) is 4.60. The molecule has 0 saturated carbocycles. The van der Waals surface area contributed by atoms with Crippen LogP contribution >= 0.6 is 12.0 Å². The van der Waals surface area contributed by atoms with Crippen LogP contribution in [0.2, 0.25) is 0 Å². The molecule has 0 aromatic heterocycles. The smallest absolute Gasteiger partial charge is 0.284 e. The second kappa shape index (κ2) is 7.39. The first-order valence-corrected chi connectivity index (χ1v) is 9.45. The fourth-order valence-corrected chi connectivity index (χ4v) is 4.48. The van der Waals surface area contributed by atoms with Gasteiger partial charge in [-0.15, -0.1) is 0 Å². The zero-order chi connectivity index (χ0) is 21.5. The van der Waals surface area contributed by atoms with E-state index in [4.69, 9.17) is 4.18 Å². The van der Waals surface area contributed by atoms with E-state index in [0.29, 0.717) is 16.0 Å². The van der Waals surface area contributed by atoms with Gasteiger partial charge in [0, 0.05) is 17.5 Å². The van der Waals surface area contributed by atoms with Gasteiger partial charge in [-0.2, -0.15) is 0 Å². The van der Waals surface area contributed by atoms with Gasteiger partial charge in [-0.1, -0.05) is 62.3 Å². The van der Waals surface area contributed by atoms with Crippen LogP contribution in [-0.4, -0.2) is 17.0 Å². The van der Waals surface area contributed by atoms with Crippen LogP contribution in [-0.2, 0) is 20.4 Å². The highest BCUT2D eigenvalue weighted by Gasteiger charge is 2.46. The van der Waals surface area contributed by atoms with Gasteiger partial charge in [-0.05, 0) is 10.8 Å². The Kier molecular flexibility index (Phi) is 6.40. The number of hydrogen-bond acceptors (Lipinski definition) is 6. The Morgan fingerprint density at radius 3 is 1.19 bits per heavy atom. The average molecular weight is 399 g/mol. The predicted octanol–water partition coefficient (Wildman–Crippen LogP) is 6.05. The molecular formula is C19H30N2O5S. The number of nitrogens with zero attached hydrogens (tertiary/aromatic N) is 2. The van der Waals surface area contributed by atoms with Crippen molar-refractivity contribution >= 4 is 23.4 Å². The molecule has 1 aromatic rings. The summed E-state index contributed by atoms with van der Waals surface area (Å²) in [6.07, 6.45) is 0. The molecule has 0 spiro atoms. The molecule has 0 aliphatic rings. The Labute approximate surface area is 165 Å². The quantitative estimate of drug-likeness (QED) is 0.348. The molecule has 0 amide bonds. The van der Waals surface area contributed by atoms with Crippen LogP contribution < -0.4 is 0 Å². The van der Waals surface area contributed by atoms with Gasteiger partial charge in [0.05, 0.1) is 33.0 Å². The first-order chi connectivity index (χ1) is 12.0. The summed E-state index contributed by atoms with van der Waals surface area (Å²) in [5.41, 5.74) is -1.28. The zero-order valence-electron chi connectivity index (χ0n) is 17.8. The first kappa shape index (κ1) is 23.4. The van der Waals surface area contributed by atoms with E-state index in [2.05, 4.69) is 0 Å². The number of nitro groups is 2. The van der Waals surface area contributed by atoms with E-state index in [-0.39, 0.29) is 16.9 Å². The second-order valence-corrected chi connectivity index (χ2v) is 10.6. The highest BCUT2D eigenvalue weighted by atomic mass is 32.2. The molecule has 0 unspecified atom stereocenters. The van der Waals surface area contributed by atoms with Crippen molar-refractivity contribution in [2.24, 2.45) is 0 Å². The monoisotopic (exact) mass is 398 g/mol. The van der Waals surface area contributed by atoms with E-state index in [1.54, 1.807) is 20.8 Å². The van der Waals surface area contributed by atoms with E-state index in [0.717, 1.165) is 12.0 Å². The van der Waals surface area contributed by atoms with Gasteiger partial charge in [-0.25, -0.2) is 0 Å². The molecule has 0 radical (unpaired) electrons. The molecule has 0 atom stereocenters. The van der Waals surface area contributed by atoms with Crippen LogP contribution in [0.1, 0.15) is 79.0 Å². The van der Waals surface area contributed by atoms with Crippen molar-refractivity contribution in [3.63, 3.8) is 0 Å². The van der Waals surface area contributed by atoms with Gasteiger partial charge in [0.1, 0.15) is 5.56 Å². The minimum Gasteiger partial charge on any atom is -0.314 e. The summed E-state index contributed by atoms with van der Waals surface area (Å²) < 4.78 is 5.27. The molecule has 0 N–H and O–H groups in total. The lowest BCUT2D eigenvalue weighted by molar-refractivity contribution is -0.398. The molecule has 27 heavy (non-hydrogen) atoms. The minimum absolute atomic E-state index is 0.160. The van der Waals surface area contributed by atoms with Crippen molar-refractivity contribution in [2.45, 2.75) is 83.5 Å². The fraction of sp³-hybridized carbons (Fsp3) is 0.684. The van der Waals surface area contributed by atoms with E-state index >= 15 is 0 Å². The Balaban J connectivity index is 4.54. The van der Waals surface area contributed by atoms with Crippen LogP contribution in [0.15, 0.2) is 4.90 Å². The largest absolute Gasteiger partial charge is 0.314 e. The van der Waals surface area contributed by atoms with Crippen molar-refractivity contribution < 1.29 is 14.0 Å². The summed E-state index contributed by atoms with van der Waals surface area (Å²) in [6, 6.07) is 0. The van der Waals surface area contributed by atoms with Crippen LogP contribution in [0.5, 0.6) is 0 Å². The predicted molar refractivity (Wildman–Crippen MR) is 109 cm³/mol. The molecule has 7 nitrogen and oxygen atoms in total. The maximum Gasteiger partial charge on any atom is 0.284 e. The van der Waals surface area contributed by atoms with Crippen molar-refractivity contribution in [2.75, 3.05) is 7.11 Å². The summed E-state index contributed by atoms with van der Waals surface area (Å²) in [4.78, 5) is 23.8. The van der Waals surface area contributed by atoms with Gasteiger partial charge in [-0.3, -0.25) is 20.2 Å². The Morgan fingerprint density at radius 1 is 0.704 bits per heavy atom. The first-order valence-electron chi connectivity index (χ1n) is 8.71. The molecular weight excluding hydrogens is 368 g/mol. The van der Waals surface area contributed by atoms with Crippen LogP contribution in [0.3, 0.4) is 0 Å². The third-order valence-corrected chi connectivity index (χ3v) is 4.92. The second-order valence-electron chi connectivity index (χ2n) is 9.67. The molecule has 1 aromatic carbocycles. The molecule has 152 valence electrons. The molecule has 1 rings (SSSR count). The maximum atomic E-state index is 12.2. The van der Waals surface area contributed by atoms with Crippen LogP contribution in [0.25, 0.3) is 0 Å². The van der Waals surface area contributed by atoms with Gasteiger partial charge < -0.3 is 4.18 Å². The SMILES string of the molecule is COSc1c(C(C)(C)C)c([N+](=O)[O-])c(C(C)(C)C)c([N+](=O)[O-])c1C(C)(C)C. The molecule has 0 heterocycles. The fourth-order valence-electron chi connectivity index (χ4n) is 3.34. The average Bonchev–Trinajstić information content (AvgIpc) is 2.41. The highest BCUT2D eigenvalue weighted by Crippen LogP contribution is 2.54. The Morgan fingerprint density at radius 2 is 1.00 bits per heavy atom.